The Morgan fingerprint density at radius 1 is 1.11 bits per heavy atom. The molecule has 28 heavy (non-hydrogen) atoms. The van der Waals surface area contributed by atoms with Crippen molar-refractivity contribution in [2.24, 2.45) is 0 Å². The van der Waals surface area contributed by atoms with Crippen molar-refractivity contribution in [2.75, 3.05) is 25.0 Å². The molecule has 0 unspecified atom stereocenters. The molecule has 0 aliphatic rings. The molecule has 0 aliphatic carbocycles. The molecule has 0 heterocycles. The number of sulfonamides is 1. The lowest BCUT2D eigenvalue weighted by Gasteiger charge is -2.18. The largest absolute Gasteiger partial charge is 0.332 e. The van der Waals surface area contributed by atoms with Gasteiger partial charge in [0.2, 0.25) is 10.0 Å². The number of anilines is 1. The maximum atomic E-state index is 12.5. The summed E-state index contributed by atoms with van der Waals surface area (Å²) >= 11 is 6.19. The zero-order valence-electron chi connectivity index (χ0n) is 16.4. The Labute approximate surface area is 171 Å². The molecule has 0 spiro atoms. The third kappa shape index (κ3) is 5.54. The van der Waals surface area contributed by atoms with Crippen LogP contribution in [0, 0.1) is 0 Å². The normalized spacial score (nSPS) is 12.8. The molecule has 2 aromatic carbocycles. The molecule has 3 N–H and O–H groups in total. The van der Waals surface area contributed by atoms with Crippen molar-refractivity contribution in [1.29, 1.82) is 0 Å². The number of carbonyl (C=O) groups excluding carboxylic acids is 1. The molecular weight excluding hydrogens is 398 g/mol. The Hall–Kier alpha value is -1.93. The van der Waals surface area contributed by atoms with E-state index in [0.29, 0.717) is 23.8 Å². The predicted molar refractivity (Wildman–Crippen MR) is 112 cm³/mol. The van der Waals surface area contributed by atoms with Crippen LogP contribution < -0.4 is 10.6 Å². The van der Waals surface area contributed by atoms with E-state index < -0.39 is 10.0 Å². The van der Waals surface area contributed by atoms with Crippen LogP contribution in [-0.2, 0) is 14.8 Å². The monoisotopic (exact) mass is 424 g/mol. The molecule has 0 aromatic heterocycles. The smallest absolute Gasteiger partial charge is 0.279 e. The highest BCUT2D eigenvalue weighted by molar-refractivity contribution is 7.89. The summed E-state index contributed by atoms with van der Waals surface area (Å²) in [6.07, 6.45) is 0. The second kappa shape index (κ2) is 10.0. The fourth-order valence-corrected chi connectivity index (χ4v) is 4.66. The number of nitrogens with zero attached hydrogens (tertiary/aromatic N) is 1. The molecule has 1 amide bonds. The first kappa shape index (κ1) is 22.4. The van der Waals surface area contributed by atoms with Crippen LogP contribution in [0.3, 0.4) is 0 Å². The lowest BCUT2D eigenvalue weighted by Crippen LogP contribution is -2.86. The number of nitrogens with two attached hydrogens (primary N) is 1. The second-order valence-corrected chi connectivity index (χ2v) is 8.76. The van der Waals surface area contributed by atoms with Gasteiger partial charge < -0.3 is 10.6 Å². The van der Waals surface area contributed by atoms with E-state index in [4.69, 9.17) is 11.6 Å². The van der Waals surface area contributed by atoms with Gasteiger partial charge in [0.05, 0.1) is 4.90 Å². The maximum absolute atomic E-state index is 12.5. The zero-order chi connectivity index (χ0) is 20.7. The van der Waals surface area contributed by atoms with Gasteiger partial charge in [-0.2, -0.15) is 4.31 Å². The number of carbonyl (C=O) groups is 1. The van der Waals surface area contributed by atoms with Crippen molar-refractivity contribution in [3.05, 3.63) is 59.1 Å². The lowest BCUT2D eigenvalue weighted by atomic mass is 10.1. The summed E-state index contributed by atoms with van der Waals surface area (Å²) in [5.74, 6) is -0.168. The summed E-state index contributed by atoms with van der Waals surface area (Å²) in [5.41, 5.74) is 1.53. The van der Waals surface area contributed by atoms with Gasteiger partial charge in [0.1, 0.15) is 6.04 Å². The van der Waals surface area contributed by atoms with E-state index >= 15 is 0 Å². The van der Waals surface area contributed by atoms with Crippen molar-refractivity contribution in [1.82, 2.24) is 4.31 Å². The zero-order valence-corrected chi connectivity index (χ0v) is 17.9. The van der Waals surface area contributed by atoms with Crippen molar-refractivity contribution < 1.29 is 18.5 Å². The fourth-order valence-electron chi connectivity index (χ4n) is 2.89. The highest BCUT2D eigenvalue weighted by Crippen LogP contribution is 2.20. The number of nitrogens with one attached hydrogen (secondary N) is 1. The molecule has 0 saturated carbocycles. The molecule has 0 bridgehead atoms. The minimum Gasteiger partial charge on any atom is -0.332 e. The molecule has 0 saturated heterocycles. The number of quaternary nitrogens is 1. The number of hydrogen-bond acceptors (Lipinski definition) is 3. The SMILES string of the molecule is CCN(CC)S(=O)(=O)c1ccc(NC(=O)C[NH2+][C@@H](C)c2ccccc2Cl)cc1. The second-order valence-electron chi connectivity index (χ2n) is 6.41. The van der Waals surface area contributed by atoms with E-state index in [0.717, 1.165) is 5.56 Å². The molecule has 0 aliphatic heterocycles. The van der Waals surface area contributed by atoms with Gasteiger partial charge in [-0.1, -0.05) is 43.6 Å². The van der Waals surface area contributed by atoms with Crippen LogP contribution in [0.5, 0.6) is 0 Å². The van der Waals surface area contributed by atoms with Gasteiger partial charge in [0.15, 0.2) is 6.54 Å². The van der Waals surface area contributed by atoms with Crippen LogP contribution in [0.1, 0.15) is 32.4 Å². The Balaban J connectivity index is 1.95. The van der Waals surface area contributed by atoms with Gasteiger partial charge in [-0.3, -0.25) is 4.79 Å². The number of halogens is 1. The van der Waals surface area contributed by atoms with Gasteiger partial charge in [-0.25, -0.2) is 8.42 Å². The molecule has 0 radical (unpaired) electrons. The van der Waals surface area contributed by atoms with Gasteiger partial charge in [-0.15, -0.1) is 0 Å². The Morgan fingerprint density at radius 2 is 1.71 bits per heavy atom. The Kier molecular flexibility index (Phi) is 8.00. The molecule has 152 valence electrons. The van der Waals surface area contributed by atoms with Crippen molar-refractivity contribution in [2.45, 2.75) is 31.7 Å². The highest BCUT2D eigenvalue weighted by Gasteiger charge is 2.21. The first-order valence-corrected chi connectivity index (χ1v) is 11.1. The number of amides is 1. The molecule has 6 nitrogen and oxygen atoms in total. The van der Waals surface area contributed by atoms with Crippen LogP contribution >= 0.6 is 11.6 Å². The minimum atomic E-state index is -3.50. The van der Waals surface area contributed by atoms with Gasteiger partial charge in [0, 0.05) is 29.4 Å². The van der Waals surface area contributed by atoms with E-state index in [1.807, 2.05) is 36.5 Å². The third-order valence-corrected chi connectivity index (χ3v) is 6.94. The van der Waals surface area contributed by atoms with Gasteiger partial charge >= 0.3 is 0 Å². The molecule has 8 heteroatoms. The molecule has 2 rings (SSSR count). The van der Waals surface area contributed by atoms with E-state index in [1.165, 1.54) is 16.4 Å². The average Bonchev–Trinajstić information content (AvgIpc) is 2.67. The average molecular weight is 425 g/mol. The predicted octanol–water partition coefficient (Wildman–Crippen LogP) is 2.63. The van der Waals surface area contributed by atoms with E-state index in [9.17, 15) is 13.2 Å². The van der Waals surface area contributed by atoms with Gasteiger partial charge in [-0.05, 0) is 37.3 Å². The summed E-state index contributed by atoms with van der Waals surface area (Å²) in [5, 5.41) is 5.36. The van der Waals surface area contributed by atoms with E-state index in [2.05, 4.69) is 5.32 Å². The lowest BCUT2D eigenvalue weighted by molar-refractivity contribution is -0.682. The van der Waals surface area contributed by atoms with Gasteiger partial charge in [0.25, 0.3) is 5.91 Å². The van der Waals surface area contributed by atoms with E-state index in [1.54, 1.807) is 26.0 Å². The molecule has 1 atom stereocenters. The van der Waals surface area contributed by atoms with Crippen molar-refractivity contribution >= 4 is 33.2 Å². The van der Waals surface area contributed by atoms with Crippen molar-refractivity contribution in [3.8, 4) is 0 Å². The van der Waals surface area contributed by atoms with Crippen LogP contribution in [0.2, 0.25) is 5.02 Å². The molecule has 0 fully saturated rings. The van der Waals surface area contributed by atoms with E-state index in [-0.39, 0.29) is 23.4 Å². The number of rotatable bonds is 9. The standard InChI is InChI=1S/C20H26ClN3O3S/c1-4-24(5-2)28(26,27)17-12-10-16(11-13-17)23-20(25)14-22-15(3)18-8-6-7-9-19(18)21/h6-13,15,22H,4-5,14H2,1-3H3,(H,23,25)/p+1/t15-/m0/s1. The maximum Gasteiger partial charge on any atom is 0.279 e. The fraction of sp³-hybridized carbons (Fsp3) is 0.350. The Morgan fingerprint density at radius 3 is 2.29 bits per heavy atom. The van der Waals surface area contributed by atoms with Crippen LogP contribution in [0.4, 0.5) is 5.69 Å². The number of hydrogen-bond donors (Lipinski definition) is 2. The first-order valence-electron chi connectivity index (χ1n) is 9.27. The molecular formula is C20H27ClN3O3S+. The Bertz CT molecular complexity index is 897. The molecule has 2 aromatic rings. The quantitative estimate of drug-likeness (QED) is 0.649. The summed E-state index contributed by atoms with van der Waals surface area (Å²) in [6, 6.07) is 13.8. The van der Waals surface area contributed by atoms with Crippen LogP contribution in [-0.4, -0.2) is 38.3 Å². The number of benzene rings is 2. The summed E-state index contributed by atoms with van der Waals surface area (Å²) in [6.45, 7) is 6.65. The highest BCUT2D eigenvalue weighted by atomic mass is 35.5. The first-order chi connectivity index (χ1) is 13.3. The summed E-state index contributed by atoms with van der Waals surface area (Å²) in [4.78, 5) is 12.4. The van der Waals surface area contributed by atoms with Crippen LogP contribution in [0.15, 0.2) is 53.4 Å². The summed E-state index contributed by atoms with van der Waals surface area (Å²) in [7, 11) is -3.50. The topological polar surface area (TPSA) is 83.1 Å². The van der Waals surface area contributed by atoms with Crippen LogP contribution in [0.25, 0.3) is 0 Å². The summed E-state index contributed by atoms with van der Waals surface area (Å²) < 4.78 is 26.4. The third-order valence-electron chi connectivity index (χ3n) is 4.53. The van der Waals surface area contributed by atoms with Crippen molar-refractivity contribution in [3.63, 3.8) is 0 Å². The minimum absolute atomic E-state index is 0.0426.